The normalized spacial score (nSPS) is 13.6. The van der Waals surface area contributed by atoms with E-state index in [4.69, 9.17) is 13.9 Å². The minimum absolute atomic E-state index is 0.110. The van der Waals surface area contributed by atoms with Gasteiger partial charge in [0.1, 0.15) is 11.5 Å². The van der Waals surface area contributed by atoms with Gasteiger partial charge in [-0.15, -0.1) is 0 Å². The van der Waals surface area contributed by atoms with Gasteiger partial charge in [0.15, 0.2) is 8.32 Å². The number of benzene rings is 1. The Kier molecular flexibility index (Phi) is 8.31. The summed E-state index contributed by atoms with van der Waals surface area (Å²) in [5.74, 6) is 0.920. The molecule has 5 heteroatoms. The molecule has 0 unspecified atom stereocenters. The second-order valence-corrected chi connectivity index (χ2v) is 12.9. The highest BCUT2D eigenvalue weighted by atomic mass is 28.4. The third kappa shape index (κ3) is 7.30. The van der Waals surface area contributed by atoms with E-state index >= 15 is 0 Å². The number of hydrogen-bond donors (Lipinski definition) is 0. The lowest BCUT2D eigenvalue weighted by atomic mass is 10.1. The molecule has 0 heterocycles. The summed E-state index contributed by atoms with van der Waals surface area (Å²) < 4.78 is 16.9. The molecule has 0 aliphatic rings. The number of carbonyl (C=O) groups excluding carboxylic acids is 1. The number of methoxy groups -OCH3 is 1. The number of hydrogen-bond acceptors (Lipinski definition) is 4. The molecule has 1 atom stereocenters. The van der Waals surface area contributed by atoms with Crippen LogP contribution in [0.3, 0.4) is 0 Å². The van der Waals surface area contributed by atoms with E-state index in [0.717, 1.165) is 11.3 Å². The van der Waals surface area contributed by atoms with Crippen molar-refractivity contribution < 1.29 is 18.7 Å². The molecule has 0 spiro atoms. The second-order valence-electron chi connectivity index (χ2n) is 8.09. The first-order chi connectivity index (χ1) is 11.6. The molecule has 1 aromatic rings. The molecule has 142 valence electrons. The third-order valence-corrected chi connectivity index (χ3v) is 9.50. The standard InChI is InChI=1S/C20H34O4Si/c1-16(14-23-15-17-8-10-18(22-5)11-9-17)19(21)12-13-24-25(6,7)20(2,3)4/h8-11,16H,12-15H2,1-7H3/t16-/m1/s1. The van der Waals surface area contributed by atoms with E-state index in [1.54, 1.807) is 7.11 Å². The quantitative estimate of drug-likeness (QED) is 0.556. The number of ketones is 1. The molecule has 0 N–H and O–H groups in total. The first-order valence-corrected chi connectivity index (χ1v) is 11.8. The summed E-state index contributed by atoms with van der Waals surface area (Å²) in [5, 5.41) is 0.170. The Morgan fingerprint density at radius 2 is 1.76 bits per heavy atom. The van der Waals surface area contributed by atoms with Gasteiger partial charge in [-0.1, -0.05) is 39.8 Å². The number of Topliss-reactive ketones (excluding diaryl/α,β-unsaturated/α-hetero) is 1. The first-order valence-electron chi connectivity index (χ1n) is 8.94. The van der Waals surface area contributed by atoms with Crippen molar-refractivity contribution in [2.45, 2.75) is 58.9 Å². The van der Waals surface area contributed by atoms with E-state index in [1.165, 1.54) is 0 Å². The Hall–Kier alpha value is -1.17. The Morgan fingerprint density at radius 1 is 1.16 bits per heavy atom. The van der Waals surface area contributed by atoms with Crippen molar-refractivity contribution in [2.24, 2.45) is 5.92 Å². The summed E-state index contributed by atoms with van der Waals surface area (Å²) in [7, 11) is -0.131. The van der Waals surface area contributed by atoms with Crippen molar-refractivity contribution in [3.05, 3.63) is 29.8 Å². The van der Waals surface area contributed by atoms with Crippen molar-refractivity contribution in [1.29, 1.82) is 0 Å². The molecule has 1 rings (SSSR count). The zero-order valence-electron chi connectivity index (χ0n) is 16.8. The molecule has 0 radical (unpaired) electrons. The monoisotopic (exact) mass is 366 g/mol. The molecule has 0 aromatic heterocycles. The number of rotatable bonds is 10. The highest BCUT2D eigenvalue weighted by Gasteiger charge is 2.37. The summed E-state index contributed by atoms with van der Waals surface area (Å²) in [6.07, 6.45) is 0.458. The molecule has 0 saturated carbocycles. The van der Waals surface area contributed by atoms with E-state index in [1.807, 2.05) is 31.2 Å². The molecule has 0 saturated heterocycles. The van der Waals surface area contributed by atoms with Crippen LogP contribution in [-0.4, -0.2) is 34.4 Å². The largest absolute Gasteiger partial charge is 0.497 e. The summed E-state index contributed by atoms with van der Waals surface area (Å²) in [6, 6.07) is 7.76. The highest BCUT2D eigenvalue weighted by Crippen LogP contribution is 2.36. The van der Waals surface area contributed by atoms with Crippen molar-refractivity contribution in [3.8, 4) is 5.75 Å². The molecular formula is C20H34O4Si. The number of ether oxygens (including phenoxy) is 2. The lowest BCUT2D eigenvalue weighted by Gasteiger charge is -2.36. The molecule has 4 nitrogen and oxygen atoms in total. The Bertz CT molecular complexity index is 532. The van der Waals surface area contributed by atoms with Crippen LogP contribution in [0.2, 0.25) is 18.1 Å². The van der Waals surface area contributed by atoms with Crippen molar-refractivity contribution in [2.75, 3.05) is 20.3 Å². The van der Waals surface area contributed by atoms with E-state index in [2.05, 4.69) is 33.9 Å². The molecule has 0 aliphatic heterocycles. The fourth-order valence-electron chi connectivity index (χ4n) is 2.04. The highest BCUT2D eigenvalue weighted by molar-refractivity contribution is 6.74. The van der Waals surface area contributed by atoms with Gasteiger partial charge in [0.25, 0.3) is 0 Å². The molecule has 0 bridgehead atoms. The van der Waals surface area contributed by atoms with Crippen LogP contribution in [0.4, 0.5) is 0 Å². The van der Waals surface area contributed by atoms with Gasteiger partial charge in [0, 0.05) is 18.9 Å². The van der Waals surface area contributed by atoms with Crippen LogP contribution >= 0.6 is 0 Å². The van der Waals surface area contributed by atoms with Gasteiger partial charge in [-0.3, -0.25) is 4.79 Å². The van der Waals surface area contributed by atoms with Crippen LogP contribution in [0.25, 0.3) is 0 Å². The minimum atomic E-state index is -1.78. The molecule has 0 amide bonds. The Balaban J connectivity index is 2.29. The van der Waals surface area contributed by atoms with Crippen LogP contribution in [0.15, 0.2) is 24.3 Å². The second kappa shape index (κ2) is 9.50. The van der Waals surface area contributed by atoms with E-state index in [0.29, 0.717) is 26.2 Å². The maximum Gasteiger partial charge on any atom is 0.191 e. The lowest BCUT2D eigenvalue weighted by Crippen LogP contribution is -2.41. The predicted octanol–water partition coefficient (Wildman–Crippen LogP) is 4.83. The minimum Gasteiger partial charge on any atom is -0.497 e. The smallest absolute Gasteiger partial charge is 0.191 e. The summed E-state index contributed by atoms with van der Waals surface area (Å²) in [5.41, 5.74) is 1.07. The fourth-order valence-corrected chi connectivity index (χ4v) is 3.08. The zero-order chi connectivity index (χ0) is 19.1. The summed E-state index contributed by atoms with van der Waals surface area (Å²) in [4.78, 5) is 12.2. The van der Waals surface area contributed by atoms with Crippen LogP contribution < -0.4 is 4.74 Å². The maximum absolute atomic E-state index is 12.2. The average molecular weight is 367 g/mol. The molecule has 0 fully saturated rings. The van der Waals surface area contributed by atoms with Crippen LogP contribution in [-0.2, 0) is 20.6 Å². The Morgan fingerprint density at radius 3 is 2.28 bits per heavy atom. The van der Waals surface area contributed by atoms with Crippen LogP contribution in [0, 0.1) is 5.92 Å². The lowest BCUT2D eigenvalue weighted by molar-refractivity contribution is -0.124. The van der Waals surface area contributed by atoms with Gasteiger partial charge in [-0.2, -0.15) is 0 Å². The van der Waals surface area contributed by atoms with Crippen molar-refractivity contribution in [1.82, 2.24) is 0 Å². The van der Waals surface area contributed by atoms with E-state index in [-0.39, 0.29) is 16.7 Å². The van der Waals surface area contributed by atoms with E-state index < -0.39 is 8.32 Å². The van der Waals surface area contributed by atoms with Gasteiger partial charge in [0.2, 0.25) is 0 Å². The molecule has 1 aromatic carbocycles. The Labute approximate surface area is 154 Å². The zero-order valence-corrected chi connectivity index (χ0v) is 17.8. The van der Waals surface area contributed by atoms with Crippen LogP contribution in [0.5, 0.6) is 5.75 Å². The van der Waals surface area contributed by atoms with E-state index in [9.17, 15) is 4.79 Å². The van der Waals surface area contributed by atoms with Gasteiger partial charge in [-0.25, -0.2) is 0 Å². The molecule has 0 aliphatic carbocycles. The van der Waals surface area contributed by atoms with Gasteiger partial charge in [0.05, 0.1) is 20.3 Å². The summed E-state index contributed by atoms with van der Waals surface area (Å²) >= 11 is 0. The van der Waals surface area contributed by atoms with Crippen LogP contribution in [0.1, 0.15) is 39.7 Å². The fraction of sp³-hybridized carbons (Fsp3) is 0.650. The third-order valence-electron chi connectivity index (χ3n) is 4.96. The van der Waals surface area contributed by atoms with Gasteiger partial charge < -0.3 is 13.9 Å². The maximum atomic E-state index is 12.2. The van der Waals surface area contributed by atoms with Gasteiger partial charge >= 0.3 is 0 Å². The van der Waals surface area contributed by atoms with Crippen molar-refractivity contribution >= 4 is 14.1 Å². The predicted molar refractivity (Wildman–Crippen MR) is 105 cm³/mol. The summed E-state index contributed by atoms with van der Waals surface area (Å²) in [6.45, 7) is 14.4. The number of carbonyl (C=O) groups is 1. The van der Waals surface area contributed by atoms with Gasteiger partial charge in [-0.05, 0) is 35.8 Å². The first kappa shape index (κ1) is 21.9. The van der Waals surface area contributed by atoms with Crippen molar-refractivity contribution in [3.63, 3.8) is 0 Å². The topological polar surface area (TPSA) is 44.8 Å². The molecule has 25 heavy (non-hydrogen) atoms. The molecular weight excluding hydrogens is 332 g/mol. The average Bonchev–Trinajstić information content (AvgIpc) is 2.54. The SMILES string of the molecule is COc1ccc(COC[C@@H](C)C(=O)CCO[Si](C)(C)C(C)(C)C)cc1.